The predicted octanol–water partition coefficient (Wildman–Crippen LogP) is 7.73. The van der Waals surface area contributed by atoms with E-state index in [0.717, 1.165) is 10.5 Å². The largest absolute Gasteiger partial charge is 0.492 e. The molecule has 2 aromatic carbocycles. The van der Waals surface area contributed by atoms with E-state index in [9.17, 15) is 45.4 Å². The normalized spacial score (nSPS) is 13.1. The zero-order chi connectivity index (χ0) is 33.1. The van der Waals surface area contributed by atoms with Crippen LogP contribution in [-0.2, 0) is 16.0 Å². The molecular weight excluding hydrogens is 603 g/mol. The molecule has 0 saturated heterocycles. The van der Waals surface area contributed by atoms with Crippen LogP contribution in [0.25, 0.3) is 0 Å². The van der Waals surface area contributed by atoms with Crippen molar-refractivity contribution in [2.24, 2.45) is 0 Å². The summed E-state index contributed by atoms with van der Waals surface area (Å²) in [5, 5.41) is 9.24. The lowest BCUT2D eigenvalue weighted by Gasteiger charge is -2.28. The highest BCUT2D eigenvalue weighted by Crippen LogP contribution is 2.48. The van der Waals surface area contributed by atoms with Crippen LogP contribution >= 0.6 is 0 Å². The first kappa shape index (κ1) is 36.6. The summed E-state index contributed by atoms with van der Waals surface area (Å²) in [6.45, 7) is 5.31. The van der Waals surface area contributed by atoms with Gasteiger partial charge in [0.1, 0.15) is 18.1 Å². The van der Waals surface area contributed by atoms with E-state index in [2.05, 4.69) is 0 Å². The third kappa shape index (κ3) is 10.6. The van der Waals surface area contributed by atoms with Crippen LogP contribution in [0.1, 0.15) is 57.1 Å². The van der Waals surface area contributed by atoms with Crippen LogP contribution < -0.4 is 9.47 Å². The van der Waals surface area contributed by atoms with E-state index in [0.29, 0.717) is 11.3 Å². The molecule has 2 rings (SSSR count). The summed E-state index contributed by atoms with van der Waals surface area (Å²) >= 11 is 0. The number of hydrogen-bond acceptors (Lipinski definition) is 5. The van der Waals surface area contributed by atoms with Gasteiger partial charge >= 0.3 is 30.1 Å². The molecule has 0 aliphatic carbocycles. The lowest BCUT2D eigenvalue weighted by Crippen LogP contribution is -2.51. The third-order valence-electron chi connectivity index (χ3n) is 6.61. The molecule has 0 aromatic heterocycles. The van der Waals surface area contributed by atoms with Crippen LogP contribution in [0, 0.1) is 0 Å². The van der Waals surface area contributed by atoms with E-state index in [1.54, 1.807) is 55.5 Å². The number of benzene rings is 2. The van der Waals surface area contributed by atoms with Gasteiger partial charge in [-0.15, -0.1) is 0 Å². The second-order valence-electron chi connectivity index (χ2n) is 10.3. The van der Waals surface area contributed by atoms with E-state index >= 15 is 0 Å². The van der Waals surface area contributed by atoms with Gasteiger partial charge < -0.3 is 24.2 Å². The van der Waals surface area contributed by atoms with E-state index in [1.807, 2.05) is 13.8 Å². The second kappa shape index (κ2) is 16.0. The van der Waals surface area contributed by atoms with Gasteiger partial charge in [0.05, 0.1) is 6.54 Å². The Kier molecular flexibility index (Phi) is 13.3. The fourth-order valence-corrected chi connectivity index (χ4v) is 4.02. The maximum absolute atomic E-state index is 13.7. The lowest BCUT2D eigenvalue weighted by molar-refractivity contribution is -0.355. The third-order valence-corrected chi connectivity index (χ3v) is 6.61. The molecule has 1 amide bonds. The zero-order valence-corrected chi connectivity index (χ0v) is 24.5. The van der Waals surface area contributed by atoms with Crippen molar-refractivity contribution in [1.29, 1.82) is 0 Å². The Morgan fingerprint density at radius 3 is 1.98 bits per heavy atom. The lowest BCUT2D eigenvalue weighted by atomic mass is 10.0. The highest BCUT2D eigenvalue weighted by molar-refractivity contribution is 5.72. The molecule has 246 valence electrons. The number of carboxylic acid groups (broad SMARTS) is 1. The zero-order valence-electron chi connectivity index (χ0n) is 24.5. The van der Waals surface area contributed by atoms with E-state index in [4.69, 9.17) is 14.2 Å². The van der Waals surface area contributed by atoms with Gasteiger partial charge in [0.25, 0.3) is 0 Å². The van der Waals surface area contributed by atoms with Crippen molar-refractivity contribution in [1.82, 2.24) is 4.90 Å². The number of rotatable bonds is 17. The molecule has 1 N–H and O–H groups in total. The summed E-state index contributed by atoms with van der Waals surface area (Å²) in [5.74, 6) is -11.9. The molecule has 14 heteroatoms. The van der Waals surface area contributed by atoms with Gasteiger partial charge in [-0.3, -0.25) is 0 Å². The Balaban J connectivity index is 2.03. The molecule has 0 aliphatic heterocycles. The fraction of sp³-hybridized carbons (Fsp3) is 0.533. The average Bonchev–Trinajstić information content (AvgIpc) is 2.94. The molecule has 2 aromatic rings. The molecule has 0 saturated carbocycles. The van der Waals surface area contributed by atoms with Gasteiger partial charge in [-0.1, -0.05) is 38.1 Å². The van der Waals surface area contributed by atoms with Crippen molar-refractivity contribution >= 4 is 12.1 Å². The Labute approximate surface area is 250 Å². The molecule has 1 atom stereocenters. The smallest absolute Gasteiger partial charge is 0.459 e. The number of alkyl halides is 7. The topological polar surface area (TPSA) is 85.3 Å². The molecule has 7 nitrogen and oxygen atoms in total. The minimum Gasteiger partial charge on any atom is -0.492 e. The van der Waals surface area contributed by atoms with Crippen LogP contribution in [0.5, 0.6) is 11.5 Å². The number of carboxylic acids is 1. The Hall–Kier alpha value is -3.55. The maximum Gasteiger partial charge on any atom is 0.459 e. The Morgan fingerprint density at radius 1 is 0.864 bits per heavy atom. The number of halogens is 7. The number of carbonyl (C=O) groups is 2. The monoisotopic (exact) mass is 639 g/mol. The molecule has 1 unspecified atom stereocenters. The number of amides is 1. The first-order chi connectivity index (χ1) is 20.5. The van der Waals surface area contributed by atoms with Crippen molar-refractivity contribution in [3.63, 3.8) is 0 Å². The van der Waals surface area contributed by atoms with Gasteiger partial charge in [-0.25, -0.2) is 9.59 Å². The summed E-state index contributed by atoms with van der Waals surface area (Å²) in [7, 11) is 0. The maximum atomic E-state index is 13.7. The van der Waals surface area contributed by atoms with Crippen LogP contribution in [0.3, 0.4) is 0 Å². The summed E-state index contributed by atoms with van der Waals surface area (Å²) in [5.41, 5.74) is 1.65. The van der Waals surface area contributed by atoms with Gasteiger partial charge in [-0.05, 0) is 61.1 Å². The summed E-state index contributed by atoms with van der Waals surface area (Å²) in [4.78, 5) is 25.3. The SMILES string of the molecule is CCOC(Cc1ccc(OCCN(CCCCC(F)(F)C(F)(F)C(F)(F)F)C(=O)Oc2ccc(C(C)C)cc2)cc1)C(=O)O. The van der Waals surface area contributed by atoms with Crippen LogP contribution in [-0.4, -0.2) is 72.5 Å². The minimum atomic E-state index is -6.41. The van der Waals surface area contributed by atoms with Gasteiger partial charge in [0.2, 0.25) is 0 Å². The summed E-state index contributed by atoms with van der Waals surface area (Å²) < 4.78 is 107. The average molecular weight is 640 g/mol. The van der Waals surface area contributed by atoms with Crippen LogP contribution in [0.4, 0.5) is 35.5 Å². The molecular formula is C30H36F7NO6. The summed E-state index contributed by atoms with van der Waals surface area (Å²) in [6, 6.07) is 13.0. The van der Waals surface area contributed by atoms with Crippen molar-refractivity contribution in [3.05, 3.63) is 59.7 Å². The van der Waals surface area contributed by atoms with Gasteiger partial charge in [0.15, 0.2) is 6.10 Å². The molecule has 0 fully saturated rings. The standard InChI is InChI=1S/C30H36F7NO6/c1-4-42-25(26(39)40)19-21-7-11-23(12-8-21)43-18-17-38(27(41)44-24-13-9-22(10-14-24)20(2)3)16-6-5-15-28(31,32)29(33,34)30(35,36)37/h7-14,20,25H,4-6,15-19H2,1-3H3,(H,39,40). The molecule has 0 heterocycles. The first-order valence-electron chi connectivity index (χ1n) is 13.9. The number of ether oxygens (including phenoxy) is 3. The Bertz CT molecular complexity index is 1190. The first-order valence-corrected chi connectivity index (χ1v) is 13.9. The number of nitrogens with zero attached hydrogens (tertiary/aromatic N) is 1. The minimum absolute atomic E-state index is 0.111. The van der Waals surface area contributed by atoms with Crippen LogP contribution in [0.2, 0.25) is 0 Å². The van der Waals surface area contributed by atoms with Crippen molar-refractivity contribution in [2.45, 2.75) is 76.5 Å². The van der Waals surface area contributed by atoms with Crippen molar-refractivity contribution < 1.29 is 59.6 Å². The molecule has 44 heavy (non-hydrogen) atoms. The van der Waals surface area contributed by atoms with Gasteiger partial charge in [0, 0.05) is 26.0 Å². The molecule has 0 bridgehead atoms. The highest BCUT2D eigenvalue weighted by atomic mass is 19.4. The van der Waals surface area contributed by atoms with Crippen molar-refractivity contribution in [3.8, 4) is 11.5 Å². The van der Waals surface area contributed by atoms with Crippen molar-refractivity contribution in [2.75, 3.05) is 26.3 Å². The second-order valence-corrected chi connectivity index (χ2v) is 10.3. The number of carbonyl (C=O) groups excluding carboxylic acids is 1. The fourth-order valence-electron chi connectivity index (χ4n) is 4.02. The number of hydrogen-bond donors (Lipinski definition) is 1. The summed E-state index contributed by atoms with van der Waals surface area (Å²) in [6.07, 6.45) is -11.0. The van der Waals surface area contributed by atoms with E-state index < -0.39 is 49.0 Å². The molecule has 0 spiro atoms. The predicted molar refractivity (Wildman–Crippen MR) is 147 cm³/mol. The molecule has 0 radical (unpaired) electrons. The quantitative estimate of drug-likeness (QED) is 0.141. The van der Waals surface area contributed by atoms with Crippen LogP contribution in [0.15, 0.2) is 48.5 Å². The Morgan fingerprint density at radius 2 is 1.45 bits per heavy atom. The van der Waals surface area contributed by atoms with E-state index in [1.165, 1.54) is 0 Å². The van der Waals surface area contributed by atoms with E-state index in [-0.39, 0.29) is 50.8 Å². The highest BCUT2D eigenvalue weighted by Gasteiger charge is 2.72. The van der Waals surface area contributed by atoms with Gasteiger partial charge in [-0.2, -0.15) is 30.7 Å². The number of aliphatic carboxylic acids is 1. The molecule has 0 aliphatic rings. The number of unbranched alkanes of at least 4 members (excludes halogenated alkanes) is 1.